The predicted molar refractivity (Wildman–Crippen MR) is 130 cm³/mol. The third kappa shape index (κ3) is 5.73. The minimum absolute atomic E-state index is 0.0479. The standard InChI is InChI=1S/C29H29F3O4/c1-3-35-17-21-5-4-20(16-26(21)30)18-6-12-23(13-7-18)36-29(33)25-15-14-24(27(31)28(25)32)19-8-10-22(34-2)11-9-19/h4-5,8-11,14-16,18,23H,3,6-7,12-13,17H2,1-2H3. The Morgan fingerprint density at radius 3 is 2.28 bits per heavy atom. The lowest BCUT2D eigenvalue weighted by Gasteiger charge is -2.29. The van der Waals surface area contributed by atoms with Crippen molar-refractivity contribution in [3.8, 4) is 16.9 Å². The highest BCUT2D eigenvalue weighted by atomic mass is 19.2. The lowest BCUT2D eigenvalue weighted by molar-refractivity contribution is 0.0189. The molecule has 1 fully saturated rings. The van der Waals surface area contributed by atoms with Gasteiger partial charge in [0.15, 0.2) is 11.6 Å². The van der Waals surface area contributed by atoms with E-state index in [1.165, 1.54) is 19.2 Å². The summed E-state index contributed by atoms with van der Waals surface area (Å²) in [5, 5.41) is 0. The molecule has 0 aliphatic heterocycles. The van der Waals surface area contributed by atoms with Gasteiger partial charge < -0.3 is 14.2 Å². The van der Waals surface area contributed by atoms with Crippen LogP contribution >= 0.6 is 0 Å². The average molecular weight is 499 g/mol. The molecule has 0 atom stereocenters. The van der Waals surface area contributed by atoms with Gasteiger partial charge in [0.2, 0.25) is 0 Å². The summed E-state index contributed by atoms with van der Waals surface area (Å²) in [5.74, 6) is -2.77. The molecule has 0 amide bonds. The molecule has 0 aromatic heterocycles. The van der Waals surface area contributed by atoms with E-state index in [0.29, 0.717) is 49.2 Å². The van der Waals surface area contributed by atoms with Crippen LogP contribution in [0.5, 0.6) is 5.75 Å². The van der Waals surface area contributed by atoms with Crippen LogP contribution in [-0.4, -0.2) is 25.8 Å². The molecule has 7 heteroatoms. The van der Waals surface area contributed by atoms with Crippen molar-refractivity contribution < 1.29 is 32.2 Å². The van der Waals surface area contributed by atoms with Gasteiger partial charge in [-0.3, -0.25) is 0 Å². The second-order valence-electron chi connectivity index (χ2n) is 8.88. The van der Waals surface area contributed by atoms with E-state index in [9.17, 15) is 18.0 Å². The highest BCUT2D eigenvalue weighted by Crippen LogP contribution is 2.35. The molecule has 0 saturated heterocycles. The van der Waals surface area contributed by atoms with Gasteiger partial charge in [-0.25, -0.2) is 18.0 Å². The molecular formula is C29H29F3O4. The molecule has 1 aliphatic rings. The monoisotopic (exact) mass is 498 g/mol. The van der Waals surface area contributed by atoms with E-state index in [4.69, 9.17) is 14.2 Å². The first-order valence-electron chi connectivity index (χ1n) is 12.1. The Hall–Kier alpha value is -3.32. The van der Waals surface area contributed by atoms with Gasteiger partial charge in [-0.05, 0) is 73.9 Å². The number of methoxy groups -OCH3 is 1. The molecule has 3 aromatic rings. The molecular weight excluding hydrogens is 469 g/mol. The first-order chi connectivity index (χ1) is 17.4. The van der Waals surface area contributed by atoms with Gasteiger partial charge in [-0.15, -0.1) is 0 Å². The topological polar surface area (TPSA) is 44.8 Å². The van der Waals surface area contributed by atoms with Crippen LogP contribution in [0.25, 0.3) is 11.1 Å². The minimum atomic E-state index is -1.23. The smallest absolute Gasteiger partial charge is 0.341 e. The van der Waals surface area contributed by atoms with Crippen molar-refractivity contribution in [1.29, 1.82) is 0 Å². The Morgan fingerprint density at radius 2 is 1.64 bits per heavy atom. The van der Waals surface area contributed by atoms with Crippen LogP contribution in [0.2, 0.25) is 0 Å². The van der Waals surface area contributed by atoms with E-state index in [2.05, 4.69) is 0 Å². The second kappa shape index (κ2) is 11.6. The summed E-state index contributed by atoms with van der Waals surface area (Å²) in [5.41, 5.74) is 1.51. The van der Waals surface area contributed by atoms with Crippen LogP contribution in [0.15, 0.2) is 54.6 Å². The highest BCUT2D eigenvalue weighted by molar-refractivity contribution is 5.90. The van der Waals surface area contributed by atoms with Crippen LogP contribution < -0.4 is 4.74 Å². The van der Waals surface area contributed by atoms with Crippen molar-refractivity contribution in [1.82, 2.24) is 0 Å². The molecule has 0 N–H and O–H groups in total. The van der Waals surface area contributed by atoms with Crippen LogP contribution in [0.3, 0.4) is 0 Å². The van der Waals surface area contributed by atoms with Crippen molar-refractivity contribution in [2.75, 3.05) is 13.7 Å². The maximum absolute atomic E-state index is 14.8. The average Bonchev–Trinajstić information content (AvgIpc) is 2.90. The fourth-order valence-corrected chi connectivity index (χ4v) is 4.58. The van der Waals surface area contributed by atoms with Gasteiger partial charge in [0, 0.05) is 17.7 Å². The van der Waals surface area contributed by atoms with Gasteiger partial charge in [-0.2, -0.15) is 0 Å². The van der Waals surface area contributed by atoms with Gasteiger partial charge in [0.1, 0.15) is 17.7 Å². The zero-order valence-electron chi connectivity index (χ0n) is 20.4. The molecule has 1 saturated carbocycles. The van der Waals surface area contributed by atoms with Crippen molar-refractivity contribution >= 4 is 5.97 Å². The summed E-state index contributed by atoms with van der Waals surface area (Å²) >= 11 is 0. The zero-order valence-corrected chi connectivity index (χ0v) is 20.4. The van der Waals surface area contributed by atoms with Gasteiger partial charge in [0.05, 0.1) is 19.3 Å². The van der Waals surface area contributed by atoms with Crippen molar-refractivity contribution in [2.45, 2.75) is 51.2 Å². The summed E-state index contributed by atoms with van der Waals surface area (Å²) in [6.45, 7) is 2.62. The zero-order chi connectivity index (χ0) is 25.7. The van der Waals surface area contributed by atoms with Gasteiger partial charge >= 0.3 is 5.97 Å². The molecule has 4 nitrogen and oxygen atoms in total. The normalized spacial score (nSPS) is 17.6. The molecule has 36 heavy (non-hydrogen) atoms. The minimum Gasteiger partial charge on any atom is -0.497 e. The maximum atomic E-state index is 14.8. The fraction of sp³-hybridized carbons (Fsp3) is 0.345. The molecule has 0 bridgehead atoms. The Balaban J connectivity index is 1.37. The maximum Gasteiger partial charge on any atom is 0.341 e. The van der Waals surface area contributed by atoms with E-state index in [1.807, 2.05) is 13.0 Å². The summed E-state index contributed by atoms with van der Waals surface area (Å²) in [6.07, 6.45) is 2.13. The number of hydrogen-bond acceptors (Lipinski definition) is 4. The van der Waals surface area contributed by atoms with Gasteiger partial charge in [0.25, 0.3) is 0 Å². The van der Waals surface area contributed by atoms with Crippen LogP contribution in [0.1, 0.15) is 60.0 Å². The fourth-order valence-electron chi connectivity index (χ4n) is 4.58. The number of halogens is 3. The second-order valence-corrected chi connectivity index (χ2v) is 8.88. The third-order valence-corrected chi connectivity index (χ3v) is 6.66. The molecule has 0 heterocycles. The number of rotatable bonds is 8. The first kappa shape index (κ1) is 25.8. The molecule has 0 unspecified atom stereocenters. The van der Waals surface area contributed by atoms with Crippen LogP contribution in [-0.2, 0) is 16.1 Å². The SMILES string of the molecule is CCOCc1ccc(C2CCC(OC(=O)c3ccc(-c4ccc(OC)cc4)c(F)c3F)CC2)cc1F. The highest BCUT2D eigenvalue weighted by Gasteiger charge is 2.28. The van der Waals surface area contributed by atoms with E-state index < -0.39 is 29.3 Å². The third-order valence-electron chi connectivity index (χ3n) is 6.66. The van der Waals surface area contributed by atoms with E-state index in [1.54, 1.807) is 36.4 Å². The Bertz CT molecular complexity index is 1200. The number of benzene rings is 3. The van der Waals surface area contributed by atoms with E-state index in [0.717, 1.165) is 5.56 Å². The summed E-state index contributed by atoms with van der Waals surface area (Å²) in [4.78, 5) is 12.6. The molecule has 4 rings (SSSR count). The Labute approximate surface area is 209 Å². The number of esters is 1. The van der Waals surface area contributed by atoms with E-state index >= 15 is 0 Å². The number of ether oxygens (including phenoxy) is 3. The van der Waals surface area contributed by atoms with Crippen LogP contribution in [0, 0.1) is 17.5 Å². The first-order valence-corrected chi connectivity index (χ1v) is 12.1. The van der Waals surface area contributed by atoms with Crippen LogP contribution in [0.4, 0.5) is 13.2 Å². The largest absolute Gasteiger partial charge is 0.497 e. The molecule has 190 valence electrons. The molecule has 1 aliphatic carbocycles. The lowest BCUT2D eigenvalue weighted by Crippen LogP contribution is -2.24. The van der Waals surface area contributed by atoms with Crippen molar-refractivity contribution in [3.63, 3.8) is 0 Å². The summed E-state index contributed by atoms with van der Waals surface area (Å²) in [7, 11) is 1.52. The summed E-state index contributed by atoms with van der Waals surface area (Å²) in [6, 6.07) is 14.4. The quantitative estimate of drug-likeness (QED) is 0.308. The lowest BCUT2D eigenvalue weighted by atomic mass is 9.82. The van der Waals surface area contributed by atoms with Crippen molar-refractivity contribution in [2.24, 2.45) is 0 Å². The summed E-state index contributed by atoms with van der Waals surface area (Å²) < 4.78 is 59.8. The van der Waals surface area contributed by atoms with Crippen molar-refractivity contribution in [3.05, 3.63) is 88.7 Å². The molecule has 0 radical (unpaired) electrons. The molecule has 3 aromatic carbocycles. The molecule has 0 spiro atoms. The number of carbonyl (C=O) groups is 1. The van der Waals surface area contributed by atoms with Gasteiger partial charge in [-0.1, -0.05) is 30.3 Å². The number of carbonyl (C=O) groups excluding carboxylic acids is 1. The number of hydrogen-bond donors (Lipinski definition) is 0. The Kier molecular flexibility index (Phi) is 8.31. The Morgan fingerprint density at radius 1 is 0.917 bits per heavy atom. The van der Waals surface area contributed by atoms with E-state index in [-0.39, 0.29) is 23.9 Å². The predicted octanol–water partition coefficient (Wildman–Crippen LogP) is 7.20.